The predicted molar refractivity (Wildman–Crippen MR) is 131 cm³/mol. The van der Waals surface area contributed by atoms with E-state index in [1.165, 1.54) is 40.9 Å². The molecule has 5 nitrogen and oxygen atoms in total. The Labute approximate surface area is 201 Å². The molecule has 1 saturated heterocycles. The van der Waals surface area contributed by atoms with Gasteiger partial charge in [0.1, 0.15) is 22.5 Å². The minimum atomic E-state index is -0.541. The molecule has 4 rings (SSSR count). The van der Waals surface area contributed by atoms with Gasteiger partial charge in [-0.3, -0.25) is 14.5 Å². The maximum atomic E-state index is 13.5. The van der Waals surface area contributed by atoms with Crippen LogP contribution in [0.5, 0.6) is 0 Å². The second kappa shape index (κ2) is 10.8. The standard InChI is InChI=1S/C27H22FN3O2S/c28-21-11-13-22(14-12-21)31-26(33)24(17-20-9-5-2-6-10-20)34-27(31)23(18-29)25(32)30-16-15-19-7-3-1-4-8-19/h1-14,24H,15-17H2,(H,30,32)/b27-23-/t24-/m0/s1. The van der Waals surface area contributed by atoms with E-state index in [2.05, 4.69) is 5.32 Å². The van der Waals surface area contributed by atoms with Crippen molar-refractivity contribution in [2.75, 3.05) is 11.4 Å². The van der Waals surface area contributed by atoms with Gasteiger partial charge in [0.15, 0.2) is 0 Å². The molecule has 3 aromatic carbocycles. The molecule has 0 spiro atoms. The first-order valence-electron chi connectivity index (χ1n) is 10.8. The molecule has 170 valence electrons. The Morgan fingerprint density at radius 3 is 2.21 bits per heavy atom. The Hall–Kier alpha value is -3.89. The highest BCUT2D eigenvalue weighted by molar-refractivity contribution is 8.05. The minimum absolute atomic E-state index is 0.133. The molecular weight excluding hydrogens is 449 g/mol. The Morgan fingerprint density at radius 2 is 1.59 bits per heavy atom. The second-order valence-electron chi connectivity index (χ2n) is 7.73. The summed E-state index contributed by atoms with van der Waals surface area (Å²) in [6.07, 6.45) is 1.06. The third-order valence-electron chi connectivity index (χ3n) is 5.40. The van der Waals surface area contributed by atoms with Crippen molar-refractivity contribution >= 4 is 29.3 Å². The topological polar surface area (TPSA) is 73.2 Å². The Kier molecular flexibility index (Phi) is 7.41. The highest BCUT2D eigenvalue weighted by Gasteiger charge is 2.40. The first-order valence-corrected chi connectivity index (χ1v) is 11.7. The van der Waals surface area contributed by atoms with Crippen LogP contribution in [0.3, 0.4) is 0 Å². The quantitative estimate of drug-likeness (QED) is 0.403. The maximum absolute atomic E-state index is 13.5. The number of amides is 2. The van der Waals surface area contributed by atoms with Gasteiger partial charge in [0, 0.05) is 12.2 Å². The molecule has 3 aromatic rings. The Morgan fingerprint density at radius 1 is 0.971 bits per heavy atom. The molecule has 2 amide bonds. The smallest absolute Gasteiger partial charge is 0.264 e. The van der Waals surface area contributed by atoms with Crippen LogP contribution < -0.4 is 10.2 Å². The van der Waals surface area contributed by atoms with Crippen LogP contribution in [-0.2, 0) is 22.4 Å². The van der Waals surface area contributed by atoms with E-state index in [1.807, 2.05) is 66.7 Å². The highest BCUT2D eigenvalue weighted by Crippen LogP contribution is 2.41. The van der Waals surface area contributed by atoms with Crippen LogP contribution in [0.15, 0.2) is 95.5 Å². The predicted octanol–water partition coefficient (Wildman–Crippen LogP) is 4.61. The number of carbonyl (C=O) groups is 2. The summed E-state index contributed by atoms with van der Waals surface area (Å²) >= 11 is 1.19. The molecule has 1 N–H and O–H groups in total. The lowest BCUT2D eigenvalue weighted by Crippen LogP contribution is -2.32. The zero-order chi connectivity index (χ0) is 23.9. The summed E-state index contributed by atoms with van der Waals surface area (Å²) in [6, 6.07) is 26.7. The molecule has 0 aromatic heterocycles. The summed E-state index contributed by atoms with van der Waals surface area (Å²) in [7, 11) is 0. The molecule has 0 unspecified atom stereocenters. The van der Waals surface area contributed by atoms with E-state index in [-0.39, 0.29) is 16.5 Å². The van der Waals surface area contributed by atoms with Gasteiger partial charge >= 0.3 is 0 Å². The molecule has 0 saturated carbocycles. The molecule has 34 heavy (non-hydrogen) atoms. The van der Waals surface area contributed by atoms with Gasteiger partial charge < -0.3 is 5.32 Å². The first kappa shape index (κ1) is 23.3. The molecule has 1 aliphatic heterocycles. The van der Waals surface area contributed by atoms with E-state index in [0.29, 0.717) is 25.1 Å². The van der Waals surface area contributed by atoms with Crippen LogP contribution in [0.1, 0.15) is 11.1 Å². The third-order valence-corrected chi connectivity index (χ3v) is 6.66. The molecule has 1 atom stereocenters. The molecule has 7 heteroatoms. The summed E-state index contributed by atoms with van der Waals surface area (Å²) in [5.41, 5.74) is 2.32. The number of hydrogen-bond acceptors (Lipinski definition) is 4. The van der Waals surface area contributed by atoms with Crippen LogP contribution in [0.4, 0.5) is 10.1 Å². The van der Waals surface area contributed by atoms with Gasteiger partial charge in [-0.05, 0) is 48.2 Å². The number of nitrogens with zero attached hydrogens (tertiary/aromatic N) is 2. The molecule has 0 aliphatic carbocycles. The number of nitriles is 1. The van der Waals surface area contributed by atoms with Gasteiger partial charge in [0.25, 0.3) is 5.91 Å². The lowest BCUT2D eigenvalue weighted by Gasteiger charge is -2.18. The van der Waals surface area contributed by atoms with Gasteiger partial charge in [-0.25, -0.2) is 4.39 Å². The zero-order valence-electron chi connectivity index (χ0n) is 18.3. The van der Waals surface area contributed by atoms with Gasteiger partial charge in [-0.1, -0.05) is 72.4 Å². The van der Waals surface area contributed by atoms with Crippen LogP contribution in [-0.4, -0.2) is 23.6 Å². The monoisotopic (exact) mass is 471 g/mol. The maximum Gasteiger partial charge on any atom is 0.264 e. The largest absolute Gasteiger partial charge is 0.351 e. The van der Waals surface area contributed by atoms with Crippen LogP contribution >= 0.6 is 11.8 Å². The molecule has 0 bridgehead atoms. The molecule has 1 aliphatic rings. The van der Waals surface area contributed by atoms with Crippen molar-refractivity contribution in [3.05, 3.63) is 112 Å². The fraction of sp³-hybridized carbons (Fsp3) is 0.148. The Balaban J connectivity index is 1.61. The van der Waals surface area contributed by atoms with Gasteiger partial charge in [0.05, 0.1) is 5.25 Å². The summed E-state index contributed by atoms with van der Waals surface area (Å²) < 4.78 is 13.5. The van der Waals surface area contributed by atoms with Crippen LogP contribution in [0, 0.1) is 17.1 Å². The highest BCUT2D eigenvalue weighted by atomic mass is 32.2. The fourth-order valence-electron chi connectivity index (χ4n) is 3.69. The van der Waals surface area contributed by atoms with Gasteiger partial charge in [-0.15, -0.1) is 0 Å². The molecule has 1 heterocycles. The molecular formula is C27H22FN3O2S. The van der Waals surface area contributed by atoms with Crippen molar-refractivity contribution in [1.82, 2.24) is 5.32 Å². The van der Waals surface area contributed by atoms with Crippen LogP contribution in [0.2, 0.25) is 0 Å². The number of halogens is 1. The van der Waals surface area contributed by atoms with E-state index in [0.717, 1.165) is 11.1 Å². The van der Waals surface area contributed by atoms with E-state index in [1.54, 1.807) is 0 Å². The summed E-state index contributed by atoms with van der Waals surface area (Å²) in [4.78, 5) is 27.7. The van der Waals surface area contributed by atoms with Crippen LogP contribution in [0.25, 0.3) is 0 Å². The fourth-order valence-corrected chi connectivity index (χ4v) is 5.00. The number of hydrogen-bond donors (Lipinski definition) is 1. The number of carbonyl (C=O) groups excluding carboxylic acids is 2. The molecule has 1 fully saturated rings. The number of thioether (sulfide) groups is 1. The van der Waals surface area contributed by atoms with E-state index >= 15 is 0 Å². The van der Waals surface area contributed by atoms with Crippen molar-refractivity contribution in [2.45, 2.75) is 18.1 Å². The van der Waals surface area contributed by atoms with Gasteiger partial charge in [0.2, 0.25) is 5.91 Å². The van der Waals surface area contributed by atoms with Crippen molar-refractivity contribution in [3.8, 4) is 6.07 Å². The average molecular weight is 472 g/mol. The first-order chi connectivity index (χ1) is 16.6. The van der Waals surface area contributed by atoms with Crippen molar-refractivity contribution in [1.29, 1.82) is 5.26 Å². The normalized spacial score (nSPS) is 16.8. The van der Waals surface area contributed by atoms with Crippen molar-refractivity contribution < 1.29 is 14.0 Å². The molecule has 0 radical (unpaired) electrons. The second-order valence-corrected chi connectivity index (χ2v) is 8.92. The third kappa shape index (κ3) is 5.36. The lowest BCUT2D eigenvalue weighted by atomic mass is 10.1. The van der Waals surface area contributed by atoms with E-state index in [4.69, 9.17) is 0 Å². The number of anilines is 1. The number of rotatable bonds is 7. The zero-order valence-corrected chi connectivity index (χ0v) is 19.1. The van der Waals surface area contributed by atoms with Crippen molar-refractivity contribution in [3.63, 3.8) is 0 Å². The minimum Gasteiger partial charge on any atom is -0.351 e. The van der Waals surface area contributed by atoms with E-state index in [9.17, 15) is 19.2 Å². The lowest BCUT2D eigenvalue weighted by molar-refractivity contribution is -0.117. The summed E-state index contributed by atoms with van der Waals surface area (Å²) in [5.74, 6) is -1.23. The van der Waals surface area contributed by atoms with Crippen molar-refractivity contribution in [2.24, 2.45) is 0 Å². The summed E-state index contributed by atoms with van der Waals surface area (Å²) in [5, 5.41) is 12.4. The van der Waals surface area contributed by atoms with Gasteiger partial charge in [-0.2, -0.15) is 5.26 Å². The number of benzene rings is 3. The average Bonchev–Trinajstić information content (AvgIpc) is 3.17. The SMILES string of the molecule is N#C/C(C(=O)NCCc1ccccc1)=C1/S[C@@H](Cc2ccccc2)C(=O)N1c1ccc(F)cc1. The summed E-state index contributed by atoms with van der Waals surface area (Å²) in [6.45, 7) is 0.351. The number of nitrogens with one attached hydrogen (secondary N) is 1. The van der Waals surface area contributed by atoms with E-state index < -0.39 is 17.0 Å². The Bertz CT molecular complexity index is 1240.